The zero-order valence-electron chi connectivity index (χ0n) is 10.2. The summed E-state index contributed by atoms with van der Waals surface area (Å²) < 4.78 is 1.14. The quantitative estimate of drug-likeness (QED) is 0.842. The van der Waals surface area contributed by atoms with Gasteiger partial charge in [0.2, 0.25) is 5.91 Å². The molecule has 1 saturated carbocycles. The van der Waals surface area contributed by atoms with E-state index in [0.29, 0.717) is 12.3 Å². The summed E-state index contributed by atoms with van der Waals surface area (Å²) in [4.78, 5) is 12.9. The Labute approximate surface area is 120 Å². The minimum Gasteiger partial charge on any atom is -0.393 e. The monoisotopic (exact) mass is 331 g/mol. The van der Waals surface area contributed by atoms with Gasteiger partial charge < -0.3 is 10.4 Å². The molecule has 0 radical (unpaired) electrons. The van der Waals surface area contributed by atoms with Gasteiger partial charge in [-0.1, -0.05) is 0 Å². The van der Waals surface area contributed by atoms with E-state index >= 15 is 0 Å². The molecule has 0 unspecified atom stereocenters. The van der Waals surface area contributed by atoms with Crippen LogP contribution in [0.1, 0.15) is 30.6 Å². The molecule has 3 nitrogen and oxygen atoms in total. The molecule has 0 bridgehead atoms. The average molecular weight is 332 g/mol. The fourth-order valence-electron chi connectivity index (χ4n) is 2.12. The average Bonchev–Trinajstić information content (AvgIpc) is 2.69. The molecule has 1 aliphatic carbocycles. The lowest BCUT2D eigenvalue weighted by Crippen LogP contribution is -2.38. The topological polar surface area (TPSA) is 49.3 Å². The van der Waals surface area contributed by atoms with E-state index in [1.807, 2.05) is 6.07 Å². The van der Waals surface area contributed by atoms with E-state index in [0.717, 1.165) is 36.0 Å². The third-order valence-electron chi connectivity index (χ3n) is 3.25. The first-order chi connectivity index (χ1) is 8.63. The number of hydrogen-bond donors (Lipinski definition) is 2. The van der Waals surface area contributed by atoms with Crippen LogP contribution >= 0.6 is 27.3 Å². The van der Waals surface area contributed by atoms with Gasteiger partial charge in [0, 0.05) is 17.8 Å². The molecule has 0 aliphatic heterocycles. The summed E-state index contributed by atoms with van der Waals surface area (Å²) in [7, 11) is 0. The Balaban J connectivity index is 1.54. The summed E-state index contributed by atoms with van der Waals surface area (Å²) in [6.45, 7) is 0.723. The van der Waals surface area contributed by atoms with Gasteiger partial charge in [-0.25, -0.2) is 0 Å². The van der Waals surface area contributed by atoms with Crippen LogP contribution in [-0.2, 0) is 11.2 Å². The molecule has 100 valence electrons. The number of carbonyl (C=O) groups is 1. The molecule has 1 amide bonds. The maximum absolute atomic E-state index is 11.6. The predicted molar refractivity (Wildman–Crippen MR) is 76.7 cm³/mol. The van der Waals surface area contributed by atoms with Crippen LogP contribution in [0.25, 0.3) is 0 Å². The SMILES string of the molecule is O=C(CCCc1ccc(Br)s1)NCC1CC(O)C1. The highest BCUT2D eigenvalue weighted by atomic mass is 79.9. The van der Waals surface area contributed by atoms with Gasteiger partial charge in [-0.15, -0.1) is 11.3 Å². The predicted octanol–water partition coefficient (Wildman–Crippen LogP) is 2.72. The number of thiophene rings is 1. The third-order valence-corrected chi connectivity index (χ3v) is 4.94. The van der Waals surface area contributed by atoms with Crippen LogP contribution in [0.5, 0.6) is 0 Å². The normalized spacial score (nSPS) is 22.6. The minimum atomic E-state index is -0.135. The molecule has 2 rings (SSSR count). The Morgan fingerprint density at radius 1 is 1.50 bits per heavy atom. The van der Waals surface area contributed by atoms with Gasteiger partial charge in [0.25, 0.3) is 0 Å². The van der Waals surface area contributed by atoms with Crippen molar-refractivity contribution in [1.82, 2.24) is 5.32 Å². The first-order valence-corrected chi connectivity index (χ1v) is 7.93. The largest absolute Gasteiger partial charge is 0.393 e. The molecule has 18 heavy (non-hydrogen) atoms. The third kappa shape index (κ3) is 4.37. The fraction of sp³-hybridized carbons (Fsp3) is 0.615. The van der Waals surface area contributed by atoms with Crippen molar-refractivity contribution in [2.24, 2.45) is 5.92 Å². The molecule has 0 spiro atoms. The van der Waals surface area contributed by atoms with Crippen LogP contribution in [0, 0.1) is 5.92 Å². The van der Waals surface area contributed by atoms with E-state index < -0.39 is 0 Å². The minimum absolute atomic E-state index is 0.131. The lowest BCUT2D eigenvalue weighted by Gasteiger charge is -2.31. The van der Waals surface area contributed by atoms with Gasteiger partial charge in [-0.05, 0) is 59.7 Å². The summed E-state index contributed by atoms with van der Waals surface area (Å²) >= 11 is 5.16. The molecule has 0 saturated heterocycles. The zero-order valence-corrected chi connectivity index (χ0v) is 12.6. The highest BCUT2D eigenvalue weighted by Crippen LogP contribution is 2.26. The van der Waals surface area contributed by atoms with Crippen LogP contribution in [0.2, 0.25) is 0 Å². The highest BCUT2D eigenvalue weighted by molar-refractivity contribution is 9.11. The second-order valence-corrected chi connectivity index (χ2v) is 7.40. The molecule has 1 fully saturated rings. The van der Waals surface area contributed by atoms with Gasteiger partial charge >= 0.3 is 0 Å². The number of amides is 1. The molecular formula is C13H18BrNO2S. The number of aliphatic hydroxyl groups excluding tert-OH is 1. The number of nitrogens with one attached hydrogen (secondary N) is 1. The van der Waals surface area contributed by atoms with Crippen molar-refractivity contribution in [2.75, 3.05) is 6.54 Å². The maximum Gasteiger partial charge on any atom is 0.220 e. The molecule has 5 heteroatoms. The lowest BCUT2D eigenvalue weighted by atomic mass is 9.82. The first-order valence-electron chi connectivity index (χ1n) is 6.32. The van der Waals surface area contributed by atoms with Crippen molar-refractivity contribution < 1.29 is 9.90 Å². The Kier molecular flexibility index (Phi) is 5.21. The van der Waals surface area contributed by atoms with E-state index in [2.05, 4.69) is 27.3 Å². The zero-order chi connectivity index (χ0) is 13.0. The Morgan fingerprint density at radius 2 is 2.28 bits per heavy atom. The van der Waals surface area contributed by atoms with Crippen molar-refractivity contribution >= 4 is 33.2 Å². The van der Waals surface area contributed by atoms with Crippen LogP contribution < -0.4 is 5.32 Å². The number of rotatable bonds is 6. The molecule has 0 atom stereocenters. The van der Waals surface area contributed by atoms with E-state index in [1.165, 1.54) is 4.88 Å². The summed E-state index contributed by atoms with van der Waals surface area (Å²) in [6, 6.07) is 4.14. The van der Waals surface area contributed by atoms with Crippen molar-refractivity contribution in [1.29, 1.82) is 0 Å². The van der Waals surface area contributed by atoms with E-state index in [9.17, 15) is 4.79 Å². The number of aryl methyl sites for hydroxylation is 1. The highest BCUT2D eigenvalue weighted by Gasteiger charge is 2.26. The van der Waals surface area contributed by atoms with Crippen molar-refractivity contribution in [2.45, 2.75) is 38.2 Å². The molecule has 1 aromatic heterocycles. The summed E-state index contributed by atoms with van der Waals surface area (Å²) in [5.41, 5.74) is 0. The standard InChI is InChI=1S/C13H18BrNO2S/c14-12-5-4-11(18-12)2-1-3-13(17)15-8-9-6-10(16)7-9/h4-5,9-10,16H,1-3,6-8H2,(H,15,17). The molecule has 0 aromatic carbocycles. The maximum atomic E-state index is 11.6. The smallest absolute Gasteiger partial charge is 0.220 e. The lowest BCUT2D eigenvalue weighted by molar-refractivity contribution is -0.121. The van der Waals surface area contributed by atoms with Gasteiger partial charge in [0.1, 0.15) is 0 Å². The molecule has 2 N–H and O–H groups in total. The summed E-state index contributed by atoms with van der Waals surface area (Å²) in [5, 5.41) is 12.1. The first kappa shape index (κ1) is 14.0. The van der Waals surface area contributed by atoms with Crippen molar-refractivity contribution in [3.8, 4) is 0 Å². The second kappa shape index (κ2) is 6.68. The molecular weight excluding hydrogens is 314 g/mol. The molecule has 1 aromatic rings. The van der Waals surface area contributed by atoms with Crippen LogP contribution in [0.4, 0.5) is 0 Å². The van der Waals surface area contributed by atoms with Crippen molar-refractivity contribution in [3.63, 3.8) is 0 Å². The molecule has 1 heterocycles. The number of carbonyl (C=O) groups excluding carboxylic acids is 1. The van der Waals surface area contributed by atoms with E-state index in [4.69, 9.17) is 5.11 Å². The second-order valence-electron chi connectivity index (χ2n) is 4.85. The van der Waals surface area contributed by atoms with E-state index in [-0.39, 0.29) is 12.0 Å². The van der Waals surface area contributed by atoms with Crippen LogP contribution in [-0.4, -0.2) is 23.7 Å². The van der Waals surface area contributed by atoms with Gasteiger partial charge in [-0.2, -0.15) is 0 Å². The summed E-state index contributed by atoms with van der Waals surface area (Å²) in [6.07, 6.45) is 3.99. The number of hydrogen-bond acceptors (Lipinski definition) is 3. The Bertz CT molecular complexity index is 401. The van der Waals surface area contributed by atoms with Crippen molar-refractivity contribution in [3.05, 3.63) is 20.8 Å². The Morgan fingerprint density at radius 3 is 2.89 bits per heavy atom. The van der Waals surface area contributed by atoms with Gasteiger partial charge in [0.15, 0.2) is 0 Å². The van der Waals surface area contributed by atoms with Crippen LogP contribution in [0.3, 0.4) is 0 Å². The molecule has 1 aliphatic rings. The van der Waals surface area contributed by atoms with Gasteiger partial charge in [-0.3, -0.25) is 4.79 Å². The number of aliphatic hydroxyl groups is 1. The number of halogens is 1. The van der Waals surface area contributed by atoms with Crippen LogP contribution in [0.15, 0.2) is 15.9 Å². The summed E-state index contributed by atoms with van der Waals surface area (Å²) in [5.74, 6) is 0.615. The van der Waals surface area contributed by atoms with E-state index in [1.54, 1.807) is 11.3 Å². The Hall–Kier alpha value is -0.390. The van der Waals surface area contributed by atoms with Gasteiger partial charge in [0.05, 0.1) is 9.89 Å². The fourth-order valence-corrected chi connectivity index (χ4v) is 3.65.